The molecule has 0 aliphatic heterocycles. The lowest BCUT2D eigenvalue weighted by Crippen LogP contribution is -2.20. The van der Waals surface area contributed by atoms with Crippen LogP contribution in [0.15, 0.2) is 22.8 Å². The third-order valence-electron chi connectivity index (χ3n) is 2.76. The molecule has 4 nitrogen and oxygen atoms in total. The number of nitrogens with one attached hydrogen (secondary N) is 1. The minimum atomic E-state index is 0.151. The minimum absolute atomic E-state index is 0.151. The summed E-state index contributed by atoms with van der Waals surface area (Å²) in [5.74, 6) is 1.10. The van der Waals surface area contributed by atoms with Gasteiger partial charge in [-0.25, -0.2) is 0 Å². The molecule has 1 aromatic heterocycles. The summed E-state index contributed by atoms with van der Waals surface area (Å²) < 4.78 is 10.7. The number of furan rings is 1. The second kappa shape index (κ2) is 4.06. The topological polar surface area (TPSA) is 72.2 Å². The third-order valence-corrected chi connectivity index (χ3v) is 2.76. The average Bonchev–Trinajstić information content (AvgIpc) is 2.74. The average molecular weight is 208 g/mol. The molecule has 0 atom stereocenters. The van der Waals surface area contributed by atoms with Crippen molar-refractivity contribution >= 4 is 5.84 Å². The molecule has 1 saturated carbocycles. The Kier molecular flexibility index (Phi) is 2.77. The molecule has 1 aliphatic rings. The van der Waals surface area contributed by atoms with Crippen LogP contribution >= 0.6 is 0 Å². The predicted octanol–water partition coefficient (Wildman–Crippen LogP) is 1.90. The van der Waals surface area contributed by atoms with Crippen LogP contribution < -0.4 is 5.73 Å². The molecule has 0 saturated heterocycles. The second-order valence-electron chi connectivity index (χ2n) is 4.27. The van der Waals surface area contributed by atoms with Crippen LogP contribution in [0, 0.1) is 10.8 Å². The fourth-order valence-corrected chi connectivity index (χ4v) is 1.72. The molecule has 1 heterocycles. The molecule has 3 N–H and O–H groups in total. The van der Waals surface area contributed by atoms with Crippen molar-refractivity contribution in [3.63, 3.8) is 0 Å². The highest BCUT2D eigenvalue weighted by atomic mass is 16.5. The van der Waals surface area contributed by atoms with E-state index >= 15 is 0 Å². The van der Waals surface area contributed by atoms with Gasteiger partial charge in [0.05, 0.1) is 18.7 Å². The molecule has 0 unspecified atom stereocenters. The number of hydrogen-bond donors (Lipinski definition) is 2. The van der Waals surface area contributed by atoms with E-state index in [2.05, 4.69) is 0 Å². The van der Waals surface area contributed by atoms with Crippen molar-refractivity contribution < 1.29 is 9.15 Å². The first-order valence-corrected chi connectivity index (χ1v) is 5.13. The lowest BCUT2D eigenvalue weighted by atomic mass is 10.0. The van der Waals surface area contributed by atoms with Gasteiger partial charge in [0.1, 0.15) is 12.4 Å². The molecular weight excluding hydrogens is 192 g/mol. The molecule has 0 aromatic carbocycles. The highest BCUT2D eigenvalue weighted by Gasteiger charge is 2.43. The van der Waals surface area contributed by atoms with Gasteiger partial charge in [0.2, 0.25) is 0 Å². The van der Waals surface area contributed by atoms with E-state index in [0.717, 1.165) is 18.6 Å². The Morgan fingerprint density at radius 1 is 1.60 bits per heavy atom. The predicted molar refractivity (Wildman–Crippen MR) is 56.6 cm³/mol. The minimum Gasteiger partial charge on any atom is -0.467 e. The first-order chi connectivity index (χ1) is 7.20. The smallest absolute Gasteiger partial charge is 0.129 e. The third kappa shape index (κ3) is 2.83. The Balaban J connectivity index is 1.72. The van der Waals surface area contributed by atoms with Crippen molar-refractivity contribution in [2.75, 3.05) is 6.61 Å². The van der Waals surface area contributed by atoms with E-state index in [1.807, 2.05) is 12.1 Å². The van der Waals surface area contributed by atoms with Crippen LogP contribution in [0.5, 0.6) is 0 Å². The fourth-order valence-electron chi connectivity index (χ4n) is 1.72. The molecule has 15 heavy (non-hydrogen) atoms. The molecule has 0 bridgehead atoms. The molecule has 0 radical (unpaired) electrons. The Hall–Kier alpha value is -1.29. The monoisotopic (exact) mass is 208 g/mol. The van der Waals surface area contributed by atoms with E-state index in [4.69, 9.17) is 20.3 Å². The first kappa shape index (κ1) is 10.2. The molecule has 2 rings (SSSR count). The number of hydrogen-bond acceptors (Lipinski definition) is 3. The number of rotatable bonds is 6. The van der Waals surface area contributed by atoms with E-state index < -0.39 is 0 Å². The number of nitrogens with two attached hydrogens (primary N) is 1. The van der Waals surface area contributed by atoms with Crippen molar-refractivity contribution in [1.82, 2.24) is 0 Å². The van der Waals surface area contributed by atoms with Crippen molar-refractivity contribution in [2.45, 2.75) is 25.9 Å². The van der Waals surface area contributed by atoms with E-state index in [1.54, 1.807) is 6.26 Å². The van der Waals surface area contributed by atoms with Crippen molar-refractivity contribution in [1.29, 1.82) is 5.41 Å². The van der Waals surface area contributed by atoms with Crippen molar-refractivity contribution in [3.8, 4) is 0 Å². The fraction of sp³-hybridized carbons (Fsp3) is 0.545. The molecule has 1 fully saturated rings. The molecule has 4 heteroatoms. The van der Waals surface area contributed by atoms with Crippen LogP contribution in [0.3, 0.4) is 0 Å². The SMILES string of the molecule is N=C(N)CC1(COCc2ccco2)CC1. The summed E-state index contributed by atoms with van der Waals surface area (Å²) in [5, 5.41) is 7.27. The number of ether oxygens (including phenoxy) is 1. The van der Waals surface area contributed by atoms with Gasteiger partial charge in [0.25, 0.3) is 0 Å². The molecule has 82 valence electrons. The van der Waals surface area contributed by atoms with Gasteiger partial charge in [-0.05, 0) is 25.0 Å². The Labute approximate surface area is 88.9 Å². The highest BCUT2D eigenvalue weighted by molar-refractivity contribution is 5.78. The standard InChI is InChI=1S/C11H16N2O2/c12-10(13)6-11(3-4-11)8-14-7-9-2-1-5-15-9/h1-2,5H,3-4,6-8H2,(H3,12,13). The Morgan fingerprint density at radius 2 is 2.40 bits per heavy atom. The van der Waals surface area contributed by atoms with Gasteiger partial charge in [0, 0.05) is 11.8 Å². The first-order valence-electron chi connectivity index (χ1n) is 5.13. The highest BCUT2D eigenvalue weighted by Crippen LogP contribution is 2.48. The maximum Gasteiger partial charge on any atom is 0.129 e. The van der Waals surface area contributed by atoms with Gasteiger partial charge in [-0.3, -0.25) is 5.41 Å². The van der Waals surface area contributed by atoms with E-state index in [0.29, 0.717) is 19.6 Å². The van der Waals surface area contributed by atoms with E-state index in [1.165, 1.54) is 0 Å². The molecule has 0 spiro atoms. The van der Waals surface area contributed by atoms with Crippen LogP contribution in [-0.4, -0.2) is 12.4 Å². The lowest BCUT2D eigenvalue weighted by molar-refractivity contribution is 0.0691. The largest absolute Gasteiger partial charge is 0.467 e. The van der Waals surface area contributed by atoms with E-state index in [9.17, 15) is 0 Å². The van der Waals surface area contributed by atoms with Gasteiger partial charge < -0.3 is 14.9 Å². The van der Waals surface area contributed by atoms with Crippen LogP contribution in [0.1, 0.15) is 25.0 Å². The van der Waals surface area contributed by atoms with Gasteiger partial charge in [0.15, 0.2) is 0 Å². The van der Waals surface area contributed by atoms with Crippen molar-refractivity contribution in [2.24, 2.45) is 11.1 Å². The zero-order chi connectivity index (χ0) is 10.7. The van der Waals surface area contributed by atoms with Gasteiger partial charge in [-0.1, -0.05) is 0 Å². The van der Waals surface area contributed by atoms with Crippen LogP contribution in [0.4, 0.5) is 0 Å². The summed E-state index contributed by atoms with van der Waals surface area (Å²) in [4.78, 5) is 0. The summed E-state index contributed by atoms with van der Waals surface area (Å²) in [6.45, 7) is 1.18. The van der Waals surface area contributed by atoms with Crippen LogP contribution in [0.25, 0.3) is 0 Å². The van der Waals surface area contributed by atoms with Crippen molar-refractivity contribution in [3.05, 3.63) is 24.2 Å². The second-order valence-corrected chi connectivity index (χ2v) is 4.27. The maximum atomic E-state index is 7.27. The molecule has 0 amide bonds. The molecular formula is C11H16N2O2. The summed E-state index contributed by atoms with van der Waals surface area (Å²) >= 11 is 0. The van der Waals surface area contributed by atoms with E-state index in [-0.39, 0.29) is 11.3 Å². The van der Waals surface area contributed by atoms with Gasteiger partial charge >= 0.3 is 0 Å². The van der Waals surface area contributed by atoms with Crippen LogP contribution in [-0.2, 0) is 11.3 Å². The summed E-state index contributed by atoms with van der Waals surface area (Å²) in [6.07, 6.45) is 4.53. The molecule has 1 aromatic rings. The van der Waals surface area contributed by atoms with Gasteiger partial charge in [-0.2, -0.15) is 0 Å². The maximum absolute atomic E-state index is 7.27. The number of amidine groups is 1. The summed E-state index contributed by atoms with van der Waals surface area (Å²) in [6, 6.07) is 3.74. The zero-order valence-electron chi connectivity index (χ0n) is 8.66. The molecule has 1 aliphatic carbocycles. The summed E-state index contributed by atoms with van der Waals surface area (Å²) in [5.41, 5.74) is 5.55. The lowest BCUT2D eigenvalue weighted by Gasteiger charge is -2.13. The van der Waals surface area contributed by atoms with Crippen LogP contribution in [0.2, 0.25) is 0 Å². The zero-order valence-corrected chi connectivity index (χ0v) is 8.66. The quantitative estimate of drug-likeness (QED) is 0.554. The Bertz CT molecular complexity index is 328. The normalized spacial score (nSPS) is 17.6. The Morgan fingerprint density at radius 3 is 2.93 bits per heavy atom. The van der Waals surface area contributed by atoms with Gasteiger partial charge in [-0.15, -0.1) is 0 Å². The summed E-state index contributed by atoms with van der Waals surface area (Å²) in [7, 11) is 0.